The Morgan fingerprint density at radius 2 is 2.16 bits per heavy atom. The molecule has 1 heterocycles. The first-order valence-electron chi connectivity index (χ1n) is 6.01. The van der Waals surface area contributed by atoms with Crippen molar-refractivity contribution in [2.24, 2.45) is 0 Å². The fraction of sp³-hybridized carbons (Fsp3) is 0.286. The van der Waals surface area contributed by atoms with Crippen molar-refractivity contribution in [3.63, 3.8) is 0 Å². The molecular formula is C14H13NO4. The van der Waals surface area contributed by atoms with Gasteiger partial charge < -0.3 is 14.4 Å². The third kappa shape index (κ3) is 1.92. The summed E-state index contributed by atoms with van der Waals surface area (Å²) in [7, 11) is 1.69. The topological polar surface area (TPSA) is 72.6 Å². The maximum Gasteiger partial charge on any atom is 0.374 e. The molecule has 5 heteroatoms. The first kappa shape index (κ1) is 11.9. The molecule has 0 amide bonds. The quantitative estimate of drug-likeness (QED) is 0.913. The maximum atomic E-state index is 10.8. The molecule has 3 rings (SSSR count). The Morgan fingerprint density at radius 1 is 1.42 bits per heavy atom. The predicted octanol–water partition coefficient (Wildman–Crippen LogP) is 2.68. The lowest BCUT2D eigenvalue weighted by molar-refractivity contribution is 0.0652. The van der Waals surface area contributed by atoms with Gasteiger partial charge in [-0.25, -0.2) is 4.79 Å². The largest absolute Gasteiger partial charge is 0.475 e. The molecular weight excluding hydrogens is 246 g/mol. The number of aromatic nitrogens is 1. The summed E-state index contributed by atoms with van der Waals surface area (Å²) in [6, 6.07) is 9.15. The van der Waals surface area contributed by atoms with Gasteiger partial charge in [-0.2, -0.15) is 0 Å². The number of hydrogen-bond donors (Lipinski definition) is 1. The van der Waals surface area contributed by atoms with Gasteiger partial charge in [0.25, 0.3) is 0 Å². The third-order valence-corrected chi connectivity index (χ3v) is 3.51. The van der Waals surface area contributed by atoms with Crippen LogP contribution in [0, 0.1) is 0 Å². The van der Waals surface area contributed by atoms with Crippen LogP contribution in [0.25, 0.3) is 11.3 Å². The highest BCUT2D eigenvalue weighted by atomic mass is 16.5. The molecule has 0 spiro atoms. The minimum atomic E-state index is -1.12. The maximum absolute atomic E-state index is 10.8. The molecule has 0 aliphatic heterocycles. The van der Waals surface area contributed by atoms with E-state index in [-0.39, 0.29) is 11.4 Å². The van der Waals surface area contributed by atoms with Crippen LogP contribution >= 0.6 is 0 Å². The van der Waals surface area contributed by atoms with Crippen LogP contribution < -0.4 is 0 Å². The summed E-state index contributed by atoms with van der Waals surface area (Å²) >= 11 is 0. The van der Waals surface area contributed by atoms with E-state index in [0.29, 0.717) is 5.69 Å². The van der Waals surface area contributed by atoms with Gasteiger partial charge in [0, 0.05) is 18.7 Å². The monoisotopic (exact) mass is 259 g/mol. The van der Waals surface area contributed by atoms with Gasteiger partial charge in [-0.05, 0) is 18.4 Å². The van der Waals surface area contributed by atoms with E-state index in [1.54, 1.807) is 7.11 Å². The molecule has 0 unspecified atom stereocenters. The minimum absolute atomic E-state index is 0.160. The van der Waals surface area contributed by atoms with Crippen molar-refractivity contribution in [1.29, 1.82) is 0 Å². The zero-order valence-electron chi connectivity index (χ0n) is 10.4. The van der Waals surface area contributed by atoms with E-state index in [9.17, 15) is 4.79 Å². The molecule has 19 heavy (non-hydrogen) atoms. The average molecular weight is 259 g/mol. The van der Waals surface area contributed by atoms with Crippen molar-refractivity contribution in [3.8, 4) is 11.3 Å². The smallest absolute Gasteiger partial charge is 0.374 e. The van der Waals surface area contributed by atoms with Crippen LogP contribution in [-0.2, 0) is 10.3 Å². The number of hydrogen-bond acceptors (Lipinski definition) is 4. The molecule has 1 N–H and O–H groups in total. The first-order valence-corrected chi connectivity index (χ1v) is 6.01. The highest BCUT2D eigenvalue weighted by Gasteiger charge is 2.46. The van der Waals surface area contributed by atoms with E-state index >= 15 is 0 Å². The van der Waals surface area contributed by atoms with Crippen LogP contribution in [0.15, 0.2) is 34.9 Å². The van der Waals surface area contributed by atoms with Gasteiger partial charge >= 0.3 is 5.97 Å². The number of benzene rings is 1. The molecule has 1 saturated carbocycles. The zero-order chi connectivity index (χ0) is 13.5. The number of carboxylic acid groups (broad SMARTS) is 1. The molecule has 0 saturated heterocycles. The fourth-order valence-corrected chi connectivity index (χ4v) is 2.30. The molecule has 0 bridgehead atoms. The summed E-state index contributed by atoms with van der Waals surface area (Å²) in [5.74, 6) is -1.28. The molecule has 0 atom stereocenters. The van der Waals surface area contributed by atoms with Gasteiger partial charge in [-0.15, -0.1) is 0 Å². The Hall–Kier alpha value is -2.14. The summed E-state index contributed by atoms with van der Waals surface area (Å²) in [6.07, 6.45) is 1.92. The number of rotatable bonds is 4. The van der Waals surface area contributed by atoms with E-state index in [1.807, 2.05) is 24.3 Å². The molecule has 1 aromatic heterocycles. The normalized spacial score (nSPS) is 16.3. The molecule has 1 aliphatic rings. The fourth-order valence-electron chi connectivity index (χ4n) is 2.30. The lowest BCUT2D eigenvalue weighted by Crippen LogP contribution is -2.10. The van der Waals surface area contributed by atoms with E-state index in [2.05, 4.69) is 5.16 Å². The second-order valence-corrected chi connectivity index (χ2v) is 4.63. The summed E-state index contributed by atoms with van der Waals surface area (Å²) in [4.78, 5) is 10.8. The standard InChI is InChI=1S/C14H13NO4/c1-18-14(6-7-14)10-5-3-2-4-9(10)11-8-12(13(16)17)19-15-11/h2-5,8H,6-7H2,1H3,(H,16,17). The van der Waals surface area contributed by atoms with Crippen molar-refractivity contribution in [1.82, 2.24) is 5.16 Å². The van der Waals surface area contributed by atoms with Crippen molar-refractivity contribution in [3.05, 3.63) is 41.7 Å². The van der Waals surface area contributed by atoms with Gasteiger partial charge in [0.2, 0.25) is 5.76 Å². The average Bonchev–Trinajstić information content (AvgIpc) is 3.07. The highest BCUT2D eigenvalue weighted by Crippen LogP contribution is 2.51. The van der Waals surface area contributed by atoms with Crippen LogP contribution in [0.3, 0.4) is 0 Å². The third-order valence-electron chi connectivity index (χ3n) is 3.51. The van der Waals surface area contributed by atoms with Crippen LogP contribution in [0.1, 0.15) is 29.0 Å². The molecule has 5 nitrogen and oxygen atoms in total. The molecule has 1 aliphatic carbocycles. The molecule has 1 aromatic carbocycles. The molecule has 98 valence electrons. The summed E-state index contributed by atoms with van der Waals surface area (Å²) in [5.41, 5.74) is 2.16. The predicted molar refractivity (Wildman–Crippen MR) is 66.8 cm³/mol. The Bertz CT molecular complexity index is 628. The van der Waals surface area contributed by atoms with Gasteiger partial charge in [-0.3, -0.25) is 0 Å². The lowest BCUT2D eigenvalue weighted by atomic mass is 9.98. The van der Waals surface area contributed by atoms with Gasteiger partial charge in [0.05, 0.1) is 5.60 Å². The number of carboxylic acids is 1. The Morgan fingerprint density at radius 3 is 2.74 bits per heavy atom. The van der Waals surface area contributed by atoms with E-state index in [0.717, 1.165) is 24.0 Å². The SMILES string of the molecule is COC1(c2ccccc2-c2cc(C(=O)O)on2)CC1. The number of ether oxygens (including phenoxy) is 1. The number of methoxy groups -OCH3 is 1. The molecule has 2 aromatic rings. The van der Waals surface area contributed by atoms with Crippen LogP contribution in [0.4, 0.5) is 0 Å². The minimum Gasteiger partial charge on any atom is -0.475 e. The van der Waals surface area contributed by atoms with Crippen molar-refractivity contribution < 1.29 is 19.2 Å². The first-order chi connectivity index (χ1) is 9.16. The summed E-state index contributed by atoms with van der Waals surface area (Å²) in [6.45, 7) is 0. The Balaban J connectivity index is 2.07. The number of carbonyl (C=O) groups is 1. The Labute approximate surface area is 109 Å². The van der Waals surface area contributed by atoms with Gasteiger partial charge in [0.15, 0.2) is 0 Å². The number of nitrogens with zero attached hydrogens (tertiary/aromatic N) is 1. The Kier molecular flexibility index (Phi) is 2.64. The van der Waals surface area contributed by atoms with Gasteiger partial charge in [0.1, 0.15) is 5.69 Å². The summed E-state index contributed by atoms with van der Waals surface area (Å²) < 4.78 is 10.4. The van der Waals surface area contributed by atoms with Crippen molar-refractivity contribution in [2.45, 2.75) is 18.4 Å². The van der Waals surface area contributed by atoms with E-state index in [4.69, 9.17) is 14.4 Å². The number of aromatic carboxylic acids is 1. The van der Waals surface area contributed by atoms with Gasteiger partial charge in [-0.1, -0.05) is 29.4 Å². The van der Waals surface area contributed by atoms with Crippen molar-refractivity contribution in [2.75, 3.05) is 7.11 Å². The van der Waals surface area contributed by atoms with Crippen molar-refractivity contribution >= 4 is 5.97 Å². The second-order valence-electron chi connectivity index (χ2n) is 4.63. The molecule has 1 fully saturated rings. The lowest BCUT2D eigenvalue weighted by Gasteiger charge is -2.16. The zero-order valence-corrected chi connectivity index (χ0v) is 10.4. The highest BCUT2D eigenvalue weighted by molar-refractivity contribution is 5.86. The van der Waals surface area contributed by atoms with Crippen LogP contribution in [0.2, 0.25) is 0 Å². The van der Waals surface area contributed by atoms with Crippen LogP contribution in [0.5, 0.6) is 0 Å². The van der Waals surface area contributed by atoms with E-state index in [1.165, 1.54) is 6.07 Å². The van der Waals surface area contributed by atoms with E-state index < -0.39 is 5.97 Å². The second kappa shape index (κ2) is 4.20. The van der Waals surface area contributed by atoms with Crippen LogP contribution in [-0.4, -0.2) is 23.3 Å². The summed E-state index contributed by atoms with van der Waals surface area (Å²) in [5, 5.41) is 12.7. The molecule has 0 radical (unpaired) electrons.